The van der Waals surface area contributed by atoms with E-state index >= 15 is 0 Å². The lowest BCUT2D eigenvalue weighted by molar-refractivity contribution is -0.140. The number of anilines is 1. The van der Waals surface area contributed by atoms with Gasteiger partial charge in [0.25, 0.3) is 0 Å². The van der Waals surface area contributed by atoms with Crippen LogP contribution in [0, 0.1) is 0 Å². The first-order chi connectivity index (χ1) is 10.4. The molecule has 118 valence electrons. The normalized spacial score (nSPS) is 12.9. The van der Waals surface area contributed by atoms with Crippen LogP contribution in [0.3, 0.4) is 0 Å². The van der Waals surface area contributed by atoms with Gasteiger partial charge in [-0.1, -0.05) is 43.7 Å². The minimum atomic E-state index is -4.50. The second-order valence-corrected chi connectivity index (χ2v) is 5.63. The maximum absolute atomic E-state index is 12.5. The van der Waals surface area contributed by atoms with Crippen LogP contribution in [0.15, 0.2) is 35.7 Å². The average molecular weight is 328 g/mol. The number of nitrogens with zero attached hydrogens (tertiary/aromatic N) is 1. The summed E-state index contributed by atoms with van der Waals surface area (Å²) < 4.78 is 37.5. The van der Waals surface area contributed by atoms with E-state index in [0.29, 0.717) is 6.42 Å². The zero-order valence-electron chi connectivity index (χ0n) is 11.9. The molecule has 0 saturated heterocycles. The Hall–Kier alpha value is -1.89. The lowest BCUT2D eigenvalue weighted by Crippen LogP contribution is -2.21. The molecule has 7 heteroatoms. The molecule has 3 nitrogen and oxygen atoms in total. The molecule has 1 amide bonds. The van der Waals surface area contributed by atoms with Crippen molar-refractivity contribution in [3.05, 3.63) is 47.0 Å². The van der Waals surface area contributed by atoms with Gasteiger partial charge in [-0.3, -0.25) is 4.79 Å². The van der Waals surface area contributed by atoms with Gasteiger partial charge in [-0.2, -0.15) is 13.2 Å². The highest BCUT2D eigenvalue weighted by Gasteiger charge is 2.34. The third-order valence-electron chi connectivity index (χ3n) is 3.12. The molecule has 0 spiro atoms. The Labute approximate surface area is 130 Å². The van der Waals surface area contributed by atoms with E-state index in [1.54, 1.807) is 0 Å². The van der Waals surface area contributed by atoms with Crippen LogP contribution >= 0.6 is 11.3 Å². The number of nitrogens with one attached hydrogen (secondary N) is 1. The molecule has 0 aliphatic heterocycles. The zero-order valence-corrected chi connectivity index (χ0v) is 12.7. The number of rotatable bonds is 5. The van der Waals surface area contributed by atoms with Gasteiger partial charge in [0.1, 0.15) is 0 Å². The summed E-state index contributed by atoms with van der Waals surface area (Å²) in [4.78, 5) is 15.8. The Morgan fingerprint density at radius 2 is 2.00 bits per heavy atom. The van der Waals surface area contributed by atoms with Crippen molar-refractivity contribution in [2.75, 3.05) is 5.32 Å². The molecule has 2 rings (SSSR count). The number of thiazole rings is 1. The van der Waals surface area contributed by atoms with E-state index in [1.165, 1.54) is 0 Å². The maximum atomic E-state index is 12.5. The molecule has 1 N–H and O–H groups in total. The van der Waals surface area contributed by atoms with Gasteiger partial charge >= 0.3 is 6.18 Å². The van der Waals surface area contributed by atoms with Crippen LogP contribution in [-0.4, -0.2) is 10.9 Å². The largest absolute Gasteiger partial charge is 0.434 e. The van der Waals surface area contributed by atoms with Gasteiger partial charge in [0, 0.05) is 5.38 Å². The SMILES string of the molecule is CCCC(C(=O)Nc1nc(C(F)(F)F)cs1)c1ccccc1. The van der Waals surface area contributed by atoms with Crippen molar-refractivity contribution in [1.29, 1.82) is 0 Å². The van der Waals surface area contributed by atoms with Crippen molar-refractivity contribution >= 4 is 22.4 Å². The smallest absolute Gasteiger partial charge is 0.301 e. The number of alkyl halides is 3. The Balaban J connectivity index is 2.13. The highest BCUT2D eigenvalue weighted by Crippen LogP contribution is 2.32. The average Bonchev–Trinajstić information content (AvgIpc) is 2.94. The predicted octanol–water partition coefficient (Wildman–Crippen LogP) is 4.68. The topological polar surface area (TPSA) is 42.0 Å². The van der Waals surface area contributed by atoms with Gasteiger partial charge in [0.15, 0.2) is 10.8 Å². The van der Waals surface area contributed by atoms with Crippen molar-refractivity contribution in [3.8, 4) is 0 Å². The van der Waals surface area contributed by atoms with E-state index in [2.05, 4.69) is 10.3 Å². The standard InChI is InChI=1S/C15H15F3N2OS/c1-2-6-11(10-7-4-3-5-8-10)13(21)20-14-19-12(9-22-14)15(16,17)18/h3-5,7-9,11H,2,6H2,1H3,(H,19,20,21). The third kappa shape index (κ3) is 4.07. The first kappa shape index (κ1) is 16.5. The van der Waals surface area contributed by atoms with E-state index in [9.17, 15) is 18.0 Å². The minimum Gasteiger partial charge on any atom is -0.301 e. The van der Waals surface area contributed by atoms with Crippen molar-refractivity contribution in [2.45, 2.75) is 31.9 Å². The van der Waals surface area contributed by atoms with Crippen LogP contribution in [0.4, 0.5) is 18.3 Å². The van der Waals surface area contributed by atoms with Gasteiger partial charge in [0.05, 0.1) is 5.92 Å². The van der Waals surface area contributed by atoms with Gasteiger partial charge in [-0.15, -0.1) is 11.3 Å². The first-order valence-electron chi connectivity index (χ1n) is 6.80. The monoisotopic (exact) mass is 328 g/mol. The Morgan fingerprint density at radius 1 is 1.32 bits per heavy atom. The second kappa shape index (κ2) is 6.91. The molecule has 0 radical (unpaired) electrons. The molecule has 0 bridgehead atoms. The second-order valence-electron chi connectivity index (χ2n) is 4.78. The predicted molar refractivity (Wildman–Crippen MR) is 79.8 cm³/mol. The fourth-order valence-corrected chi connectivity index (χ4v) is 2.80. The Kier molecular flexibility index (Phi) is 5.18. The number of hydrogen-bond donors (Lipinski definition) is 1. The number of amides is 1. The molecule has 1 heterocycles. The number of aromatic nitrogens is 1. The molecule has 1 aromatic carbocycles. The molecule has 0 saturated carbocycles. The van der Waals surface area contributed by atoms with Crippen molar-refractivity contribution in [1.82, 2.24) is 4.98 Å². The minimum absolute atomic E-state index is 0.0330. The molecule has 0 fully saturated rings. The van der Waals surface area contributed by atoms with E-state index in [0.717, 1.165) is 28.7 Å². The molecular weight excluding hydrogens is 313 g/mol. The summed E-state index contributed by atoms with van der Waals surface area (Å²) in [6, 6.07) is 9.18. The number of carbonyl (C=O) groups excluding carboxylic acids is 1. The fraction of sp³-hybridized carbons (Fsp3) is 0.333. The molecule has 1 unspecified atom stereocenters. The summed E-state index contributed by atoms with van der Waals surface area (Å²) in [5.74, 6) is -0.736. The highest BCUT2D eigenvalue weighted by atomic mass is 32.1. The summed E-state index contributed by atoms with van der Waals surface area (Å²) in [5.41, 5.74) is -0.144. The van der Waals surface area contributed by atoms with E-state index < -0.39 is 17.8 Å². The van der Waals surface area contributed by atoms with E-state index in [1.807, 2.05) is 37.3 Å². The first-order valence-corrected chi connectivity index (χ1v) is 7.68. The number of hydrogen-bond acceptors (Lipinski definition) is 3. The summed E-state index contributed by atoms with van der Waals surface area (Å²) in [5, 5.41) is 3.35. The van der Waals surface area contributed by atoms with Crippen LogP contribution in [0.2, 0.25) is 0 Å². The molecule has 2 aromatic rings. The Bertz CT molecular complexity index is 625. The molecule has 0 aliphatic carbocycles. The number of carbonyl (C=O) groups is 1. The summed E-state index contributed by atoms with van der Waals surface area (Å²) in [6.45, 7) is 1.95. The molecular formula is C15H15F3N2OS. The van der Waals surface area contributed by atoms with Crippen molar-refractivity contribution in [2.24, 2.45) is 0 Å². The van der Waals surface area contributed by atoms with Crippen LogP contribution in [0.5, 0.6) is 0 Å². The quantitative estimate of drug-likeness (QED) is 0.865. The third-order valence-corrected chi connectivity index (χ3v) is 3.88. The lowest BCUT2D eigenvalue weighted by atomic mass is 9.94. The molecule has 0 aliphatic rings. The van der Waals surface area contributed by atoms with Crippen molar-refractivity contribution in [3.63, 3.8) is 0 Å². The van der Waals surface area contributed by atoms with Crippen LogP contribution in [0.1, 0.15) is 36.9 Å². The Morgan fingerprint density at radius 3 is 2.55 bits per heavy atom. The lowest BCUT2D eigenvalue weighted by Gasteiger charge is -2.15. The van der Waals surface area contributed by atoms with Crippen LogP contribution < -0.4 is 5.32 Å². The molecule has 1 aromatic heterocycles. The summed E-state index contributed by atoms with van der Waals surface area (Å²) in [6.07, 6.45) is -3.09. The van der Waals surface area contributed by atoms with Crippen LogP contribution in [-0.2, 0) is 11.0 Å². The van der Waals surface area contributed by atoms with Gasteiger partial charge in [-0.25, -0.2) is 4.98 Å². The zero-order chi connectivity index (χ0) is 16.2. The molecule has 22 heavy (non-hydrogen) atoms. The molecule has 1 atom stereocenters. The number of halogens is 3. The fourth-order valence-electron chi connectivity index (χ4n) is 2.08. The highest BCUT2D eigenvalue weighted by molar-refractivity contribution is 7.13. The maximum Gasteiger partial charge on any atom is 0.434 e. The van der Waals surface area contributed by atoms with E-state index in [-0.39, 0.29) is 11.0 Å². The van der Waals surface area contributed by atoms with Gasteiger partial charge < -0.3 is 5.32 Å². The van der Waals surface area contributed by atoms with Crippen molar-refractivity contribution < 1.29 is 18.0 Å². The van der Waals surface area contributed by atoms with Gasteiger partial charge in [-0.05, 0) is 12.0 Å². The van der Waals surface area contributed by atoms with Crippen LogP contribution in [0.25, 0.3) is 0 Å². The number of benzene rings is 1. The summed E-state index contributed by atoms with van der Waals surface area (Å²) >= 11 is 0.772. The van der Waals surface area contributed by atoms with Gasteiger partial charge in [0.2, 0.25) is 5.91 Å². The summed E-state index contributed by atoms with van der Waals surface area (Å²) in [7, 11) is 0. The van der Waals surface area contributed by atoms with E-state index in [4.69, 9.17) is 0 Å².